The van der Waals surface area contributed by atoms with E-state index < -0.39 is 18.0 Å². The molecule has 2 aromatic rings. The molecule has 0 radical (unpaired) electrons. The van der Waals surface area contributed by atoms with Crippen LogP contribution in [0.5, 0.6) is 0 Å². The van der Waals surface area contributed by atoms with Crippen molar-refractivity contribution in [2.24, 2.45) is 11.1 Å². The van der Waals surface area contributed by atoms with Crippen molar-refractivity contribution in [3.05, 3.63) is 35.3 Å². The van der Waals surface area contributed by atoms with Crippen molar-refractivity contribution in [1.82, 2.24) is 4.57 Å². The Morgan fingerprint density at radius 3 is 2.12 bits per heavy atom. The number of hydrogen-bond donors (Lipinski definition) is 1. The third kappa shape index (κ3) is 3.74. The fourth-order valence-electron chi connectivity index (χ4n) is 2.86. The molecule has 2 N–H and O–H groups in total. The molecule has 0 amide bonds. The van der Waals surface area contributed by atoms with Crippen molar-refractivity contribution < 1.29 is 17.6 Å². The lowest BCUT2D eigenvalue weighted by atomic mass is 9.96. The van der Waals surface area contributed by atoms with E-state index in [1.54, 1.807) is 10.6 Å². The maximum absolute atomic E-state index is 14.3. The number of halogens is 4. The minimum Gasteiger partial charge on any atom is -0.347 e. The van der Waals surface area contributed by atoms with Crippen molar-refractivity contribution in [2.45, 2.75) is 59.3 Å². The molecule has 24 heavy (non-hydrogen) atoms. The summed E-state index contributed by atoms with van der Waals surface area (Å²) >= 11 is 0. The highest BCUT2D eigenvalue weighted by Gasteiger charge is 2.39. The first kappa shape index (κ1) is 18.8. The number of hydrogen-bond acceptors (Lipinski definition) is 1. The second-order valence-corrected chi connectivity index (χ2v) is 7.84. The lowest BCUT2D eigenvalue weighted by Gasteiger charge is -2.20. The van der Waals surface area contributed by atoms with Crippen LogP contribution in [0.4, 0.5) is 17.6 Å². The molecule has 134 valence electrons. The SMILES string of the molecule is CC(C)c1cc2c(cc1F)c([C@H](N)C(F)(F)F)cn2CC(C)(C)C. The van der Waals surface area contributed by atoms with E-state index in [1.807, 2.05) is 34.6 Å². The van der Waals surface area contributed by atoms with Gasteiger partial charge in [-0.05, 0) is 29.0 Å². The molecule has 0 spiro atoms. The summed E-state index contributed by atoms with van der Waals surface area (Å²) in [6.07, 6.45) is -3.16. The smallest absolute Gasteiger partial charge is 0.347 e. The van der Waals surface area contributed by atoms with E-state index in [0.29, 0.717) is 17.6 Å². The summed E-state index contributed by atoms with van der Waals surface area (Å²) in [5.41, 5.74) is 6.25. The van der Waals surface area contributed by atoms with E-state index in [2.05, 4.69) is 0 Å². The molecule has 0 aliphatic carbocycles. The fraction of sp³-hybridized carbons (Fsp3) is 0.556. The van der Waals surface area contributed by atoms with Gasteiger partial charge in [-0.15, -0.1) is 0 Å². The highest BCUT2D eigenvalue weighted by molar-refractivity contribution is 5.85. The van der Waals surface area contributed by atoms with Gasteiger partial charge in [0.15, 0.2) is 0 Å². The molecular weight excluding hydrogens is 320 g/mol. The van der Waals surface area contributed by atoms with Gasteiger partial charge in [-0.25, -0.2) is 4.39 Å². The van der Waals surface area contributed by atoms with E-state index in [0.717, 1.165) is 0 Å². The molecule has 1 atom stereocenters. The highest BCUT2D eigenvalue weighted by Crippen LogP contribution is 2.38. The Labute approximate surface area is 139 Å². The minimum absolute atomic E-state index is 0.0628. The number of benzene rings is 1. The van der Waals surface area contributed by atoms with Crippen LogP contribution in [-0.4, -0.2) is 10.7 Å². The third-order valence-corrected chi connectivity index (χ3v) is 3.98. The van der Waals surface area contributed by atoms with Crippen LogP contribution < -0.4 is 5.73 Å². The largest absolute Gasteiger partial charge is 0.407 e. The average molecular weight is 344 g/mol. The molecule has 0 saturated heterocycles. The third-order valence-electron chi connectivity index (χ3n) is 3.98. The predicted molar refractivity (Wildman–Crippen MR) is 88.4 cm³/mol. The van der Waals surface area contributed by atoms with Gasteiger partial charge in [-0.3, -0.25) is 0 Å². The lowest BCUT2D eigenvalue weighted by molar-refractivity contribution is -0.148. The molecule has 0 aliphatic rings. The number of alkyl halides is 3. The first-order valence-corrected chi connectivity index (χ1v) is 7.95. The van der Waals surface area contributed by atoms with E-state index in [-0.39, 0.29) is 22.3 Å². The zero-order chi connectivity index (χ0) is 18.4. The van der Waals surface area contributed by atoms with Crippen LogP contribution in [0.1, 0.15) is 57.7 Å². The molecule has 0 bridgehead atoms. The lowest BCUT2D eigenvalue weighted by Crippen LogP contribution is -2.28. The zero-order valence-electron chi connectivity index (χ0n) is 14.6. The highest BCUT2D eigenvalue weighted by atomic mass is 19.4. The summed E-state index contributed by atoms with van der Waals surface area (Å²) in [6.45, 7) is 10.2. The van der Waals surface area contributed by atoms with Gasteiger partial charge in [-0.1, -0.05) is 34.6 Å². The summed E-state index contributed by atoms with van der Waals surface area (Å²) in [7, 11) is 0. The van der Waals surface area contributed by atoms with Crippen molar-refractivity contribution in [1.29, 1.82) is 0 Å². The molecular formula is C18H24F4N2. The summed E-state index contributed by atoms with van der Waals surface area (Å²) in [5.74, 6) is -0.561. The monoisotopic (exact) mass is 344 g/mol. The molecule has 1 heterocycles. The number of aromatic nitrogens is 1. The Morgan fingerprint density at radius 1 is 1.08 bits per heavy atom. The van der Waals surface area contributed by atoms with Gasteiger partial charge in [0.05, 0.1) is 0 Å². The Bertz CT molecular complexity index is 736. The number of fused-ring (bicyclic) bond motifs is 1. The molecule has 1 aromatic carbocycles. The minimum atomic E-state index is -4.58. The zero-order valence-corrected chi connectivity index (χ0v) is 14.6. The average Bonchev–Trinajstić information content (AvgIpc) is 2.71. The number of nitrogens with zero attached hydrogens (tertiary/aromatic N) is 1. The van der Waals surface area contributed by atoms with Crippen molar-refractivity contribution in [2.75, 3.05) is 0 Å². The van der Waals surface area contributed by atoms with Crippen molar-refractivity contribution in [3.63, 3.8) is 0 Å². The Morgan fingerprint density at radius 2 is 1.67 bits per heavy atom. The molecule has 2 rings (SSSR count). The molecule has 1 aromatic heterocycles. The van der Waals surface area contributed by atoms with Crippen molar-refractivity contribution >= 4 is 10.9 Å². The number of nitrogens with two attached hydrogens (primary N) is 1. The van der Waals surface area contributed by atoms with E-state index in [9.17, 15) is 17.6 Å². The second-order valence-electron chi connectivity index (χ2n) is 7.84. The van der Waals surface area contributed by atoms with Gasteiger partial charge in [-0.2, -0.15) is 13.2 Å². The van der Waals surface area contributed by atoms with Crippen molar-refractivity contribution in [3.8, 4) is 0 Å². The van der Waals surface area contributed by atoms with Gasteiger partial charge in [0.1, 0.15) is 11.9 Å². The topological polar surface area (TPSA) is 30.9 Å². The fourth-order valence-corrected chi connectivity index (χ4v) is 2.86. The first-order valence-electron chi connectivity index (χ1n) is 7.95. The van der Waals surface area contributed by atoms with Crippen LogP contribution in [0.2, 0.25) is 0 Å². The van der Waals surface area contributed by atoms with Gasteiger partial charge >= 0.3 is 6.18 Å². The second kappa shape index (κ2) is 6.06. The van der Waals surface area contributed by atoms with Gasteiger partial charge < -0.3 is 10.3 Å². The summed E-state index contributed by atoms with van der Waals surface area (Å²) in [6, 6.07) is 0.698. The molecule has 0 fully saturated rings. The van der Waals surface area contributed by atoms with Gasteiger partial charge in [0.2, 0.25) is 0 Å². The Hall–Kier alpha value is -1.56. The molecule has 0 aliphatic heterocycles. The van der Waals surface area contributed by atoms with Crippen LogP contribution in [0.15, 0.2) is 18.3 Å². The first-order chi connectivity index (χ1) is 10.8. The number of rotatable bonds is 3. The maximum atomic E-state index is 14.3. The summed E-state index contributed by atoms with van der Waals surface area (Å²) in [4.78, 5) is 0. The van der Waals surface area contributed by atoms with Crippen LogP contribution in [0.25, 0.3) is 10.9 Å². The quantitative estimate of drug-likeness (QED) is 0.731. The van der Waals surface area contributed by atoms with Crippen LogP contribution in [0, 0.1) is 11.2 Å². The molecule has 6 heteroatoms. The summed E-state index contributed by atoms with van der Waals surface area (Å²) in [5, 5.41) is 0.228. The van der Waals surface area contributed by atoms with E-state index in [1.165, 1.54) is 12.3 Å². The van der Waals surface area contributed by atoms with Gasteiger partial charge in [0.25, 0.3) is 0 Å². The standard InChI is InChI=1S/C18H24F4N2/c1-10(2)11-7-15-12(6-14(11)19)13(16(23)18(20,21)22)8-24(15)9-17(3,4)5/h6-8,10,16H,9,23H2,1-5H3/t16-/m0/s1. The predicted octanol–water partition coefficient (Wildman–Crippen LogP) is 5.51. The molecule has 0 saturated carbocycles. The maximum Gasteiger partial charge on any atom is 0.407 e. The van der Waals surface area contributed by atoms with Crippen LogP contribution >= 0.6 is 0 Å². The van der Waals surface area contributed by atoms with Gasteiger partial charge in [0, 0.05) is 29.2 Å². The molecule has 2 nitrogen and oxygen atoms in total. The van der Waals surface area contributed by atoms with Crippen LogP contribution in [-0.2, 0) is 6.54 Å². The van der Waals surface area contributed by atoms with Crippen LogP contribution in [0.3, 0.4) is 0 Å². The molecule has 0 unspecified atom stereocenters. The summed E-state index contributed by atoms with van der Waals surface area (Å²) < 4.78 is 55.3. The van der Waals surface area contributed by atoms with E-state index >= 15 is 0 Å². The Kier molecular flexibility index (Phi) is 4.74. The normalized spacial score (nSPS) is 14.6. The Balaban J connectivity index is 2.74. The van der Waals surface area contributed by atoms with E-state index in [4.69, 9.17) is 5.73 Å².